The molecule has 0 radical (unpaired) electrons. The van der Waals surface area contributed by atoms with Crippen LogP contribution in [0.25, 0.3) is 0 Å². The summed E-state index contributed by atoms with van der Waals surface area (Å²) >= 11 is 0. The van der Waals surface area contributed by atoms with Crippen LogP contribution in [-0.2, 0) is 4.79 Å². The van der Waals surface area contributed by atoms with Crippen LogP contribution < -0.4 is 5.73 Å². The van der Waals surface area contributed by atoms with Gasteiger partial charge in [-0.25, -0.2) is 0 Å². The van der Waals surface area contributed by atoms with Gasteiger partial charge in [-0.1, -0.05) is 13.3 Å². The molecule has 0 heterocycles. The van der Waals surface area contributed by atoms with Crippen molar-refractivity contribution in [3.8, 4) is 0 Å². The van der Waals surface area contributed by atoms with E-state index in [1.54, 1.807) is 0 Å². The molecular weight excluding hydrogens is 178 g/mol. The van der Waals surface area contributed by atoms with E-state index < -0.39 is 6.10 Å². The van der Waals surface area contributed by atoms with Crippen LogP contribution in [0.15, 0.2) is 0 Å². The highest BCUT2D eigenvalue weighted by Gasteiger charge is 2.39. The average molecular weight is 199 g/mol. The fourth-order valence-corrected chi connectivity index (χ4v) is 2.43. The van der Waals surface area contributed by atoms with Gasteiger partial charge in [0, 0.05) is 12.0 Å². The summed E-state index contributed by atoms with van der Waals surface area (Å²) in [6, 6.07) is 0. The molecular formula is C11H21NO2. The smallest absolute Gasteiger partial charge is 0.149 e. The fraction of sp³-hybridized carbons (Fsp3) is 0.909. The maximum absolute atomic E-state index is 10.6. The first-order valence-corrected chi connectivity index (χ1v) is 5.52. The molecule has 0 aromatic rings. The minimum atomic E-state index is -0.870. The Labute approximate surface area is 85.7 Å². The SMILES string of the molecule is CCC1CCC(CN)(C(O)C=O)CC1. The molecule has 14 heavy (non-hydrogen) atoms. The number of aldehydes is 1. The summed E-state index contributed by atoms with van der Waals surface area (Å²) in [4.78, 5) is 10.6. The molecule has 1 aliphatic carbocycles. The second-order valence-electron chi connectivity index (χ2n) is 4.50. The van der Waals surface area contributed by atoms with Crippen molar-refractivity contribution in [2.75, 3.05) is 6.54 Å². The zero-order valence-electron chi connectivity index (χ0n) is 8.91. The summed E-state index contributed by atoms with van der Waals surface area (Å²) in [6.45, 7) is 2.61. The average Bonchev–Trinajstić information content (AvgIpc) is 2.28. The van der Waals surface area contributed by atoms with Crippen molar-refractivity contribution in [2.24, 2.45) is 17.1 Å². The Hall–Kier alpha value is -0.410. The number of carbonyl (C=O) groups is 1. The van der Waals surface area contributed by atoms with Crippen molar-refractivity contribution in [3.63, 3.8) is 0 Å². The normalized spacial score (nSPS) is 35.2. The monoisotopic (exact) mass is 199 g/mol. The molecule has 1 saturated carbocycles. The quantitative estimate of drug-likeness (QED) is 0.666. The van der Waals surface area contributed by atoms with Gasteiger partial charge < -0.3 is 15.6 Å². The molecule has 3 N–H and O–H groups in total. The van der Waals surface area contributed by atoms with E-state index in [0.717, 1.165) is 31.6 Å². The molecule has 1 aliphatic rings. The van der Waals surface area contributed by atoms with Crippen molar-refractivity contribution < 1.29 is 9.90 Å². The van der Waals surface area contributed by atoms with Crippen LogP contribution in [0.1, 0.15) is 39.0 Å². The molecule has 0 aromatic carbocycles. The molecule has 0 spiro atoms. The minimum absolute atomic E-state index is 0.326. The Morgan fingerprint density at radius 2 is 2.14 bits per heavy atom. The second-order valence-corrected chi connectivity index (χ2v) is 4.50. The molecule has 82 valence electrons. The summed E-state index contributed by atoms with van der Waals surface area (Å²) in [5.41, 5.74) is 5.36. The van der Waals surface area contributed by atoms with Crippen LogP contribution in [0.2, 0.25) is 0 Å². The third kappa shape index (κ3) is 2.15. The number of aliphatic hydroxyl groups excluding tert-OH is 1. The first kappa shape index (κ1) is 11.7. The summed E-state index contributed by atoms with van der Waals surface area (Å²) in [5.74, 6) is 0.758. The third-order valence-electron chi connectivity index (χ3n) is 3.84. The molecule has 1 atom stereocenters. The van der Waals surface area contributed by atoms with Gasteiger partial charge in [0.25, 0.3) is 0 Å². The van der Waals surface area contributed by atoms with Crippen LogP contribution in [0.5, 0.6) is 0 Å². The van der Waals surface area contributed by atoms with E-state index >= 15 is 0 Å². The number of hydrogen-bond acceptors (Lipinski definition) is 3. The van der Waals surface area contributed by atoms with E-state index in [2.05, 4.69) is 6.92 Å². The van der Waals surface area contributed by atoms with Gasteiger partial charge in [0.15, 0.2) is 0 Å². The number of carbonyl (C=O) groups excluding carboxylic acids is 1. The van der Waals surface area contributed by atoms with E-state index in [1.165, 1.54) is 6.42 Å². The largest absolute Gasteiger partial charge is 0.385 e. The fourth-order valence-electron chi connectivity index (χ4n) is 2.43. The van der Waals surface area contributed by atoms with Gasteiger partial charge in [-0.05, 0) is 31.6 Å². The molecule has 1 fully saturated rings. The third-order valence-corrected chi connectivity index (χ3v) is 3.84. The highest BCUT2D eigenvalue weighted by molar-refractivity contribution is 5.57. The molecule has 0 saturated heterocycles. The number of hydrogen-bond donors (Lipinski definition) is 2. The molecule has 1 unspecified atom stereocenters. The Kier molecular flexibility index (Phi) is 4.08. The van der Waals surface area contributed by atoms with E-state index in [-0.39, 0.29) is 5.41 Å². The molecule has 3 heteroatoms. The Balaban J connectivity index is 2.60. The van der Waals surface area contributed by atoms with Crippen LogP contribution in [0.3, 0.4) is 0 Å². The van der Waals surface area contributed by atoms with Crippen LogP contribution >= 0.6 is 0 Å². The van der Waals surface area contributed by atoms with Gasteiger partial charge in [-0.15, -0.1) is 0 Å². The van der Waals surface area contributed by atoms with Gasteiger partial charge in [0.05, 0.1) is 0 Å². The second kappa shape index (κ2) is 4.89. The first-order chi connectivity index (χ1) is 6.68. The Bertz CT molecular complexity index is 186. The van der Waals surface area contributed by atoms with E-state index in [1.807, 2.05) is 0 Å². The van der Waals surface area contributed by atoms with Gasteiger partial charge >= 0.3 is 0 Å². The lowest BCUT2D eigenvalue weighted by Gasteiger charge is -2.40. The van der Waals surface area contributed by atoms with Crippen molar-refractivity contribution in [2.45, 2.75) is 45.1 Å². The van der Waals surface area contributed by atoms with E-state index in [9.17, 15) is 9.90 Å². The number of rotatable bonds is 4. The molecule has 0 bridgehead atoms. The van der Waals surface area contributed by atoms with Gasteiger partial charge in [0.1, 0.15) is 12.4 Å². The van der Waals surface area contributed by atoms with Gasteiger partial charge in [0.2, 0.25) is 0 Å². The van der Waals surface area contributed by atoms with Crippen LogP contribution in [0.4, 0.5) is 0 Å². The minimum Gasteiger partial charge on any atom is -0.385 e. The maximum atomic E-state index is 10.6. The lowest BCUT2D eigenvalue weighted by Crippen LogP contribution is -2.45. The van der Waals surface area contributed by atoms with Gasteiger partial charge in [-0.2, -0.15) is 0 Å². The zero-order chi connectivity index (χ0) is 10.6. The van der Waals surface area contributed by atoms with Crippen LogP contribution in [-0.4, -0.2) is 24.0 Å². The molecule has 0 amide bonds. The summed E-state index contributed by atoms with van der Waals surface area (Å²) < 4.78 is 0. The number of aliphatic hydroxyl groups is 1. The van der Waals surface area contributed by atoms with Gasteiger partial charge in [-0.3, -0.25) is 0 Å². The molecule has 0 aromatic heterocycles. The molecule has 3 nitrogen and oxygen atoms in total. The van der Waals surface area contributed by atoms with Crippen molar-refractivity contribution >= 4 is 6.29 Å². The van der Waals surface area contributed by atoms with Crippen molar-refractivity contribution in [3.05, 3.63) is 0 Å². The number of nitrogens with two attached hydrogens (primary N) is 1. The predicted octanol–water partition coefficient (Wildman–Crippen LogP) is 1.09. The topological polar surface area (TPSA) is 63.3 Å². The van der Waals surface area contributed by atoms with Crippen molar-refractivity contribution in [1.82, 2.24) is 0 Å². The highest BCUT2D eigenvalue weighted by Crippen LogP contribution is 2.41. The summed E-state index contributed by atoms with van der Waals surface area (Å²) in [5, 5.41) is 9.64. The Morgan fingerprint density at radius 3 is 2.50 bits per heavy atom. The zero-order valence-corrected chi connectivity index (χ0v) is 8.91. The maximum Gasteiger partial charge on any atom is 0.149 e. The lowest BCUT2D eigenvalue weighted by molar-refractivity contribution is -0.123. The van der Waals surface area contributed by atoms with E-state index in [0.29, 0.717) is 12.8 Å². The predicted molar refractivity (Wildman–Crippen MR) is 55.8 cm³/mol. The summed E-state index contributed by atoms with van der Waals surface area (Å²) in [7, 11) is 0. The van der Waals surface area contributed by atoms with Crippen LogP contribution in [0, 0.1) is 11.3 Å². The standard InChI is InChI=1S/C11H21NO2/c1-2-9-3-5-11(8-12,6-4-9)10(14)7-13/h7,9-10,14H,2-6,8,12H2,1H3. The van der Waals surface area contributed by atoms with Crippen molar-refractivity contribution in [1.29, 1.82) is 0 Å². The molecule has 1 rings (SSSR count). The van der Waals surface area contributed by atoms with E-state index in [4.69, 9.17) is 5.73 Å². The highest BCUT2D eigenvalue weighted by atomic mass is 16.3. The summed E-state index contributed by atoms with van der Waals surface area (Å²) in [6.07, 6.45) is 4.93. The first-order valence-electron chi connectivity index (χ1n) is 5.52. The molecule has 0 aliphatic heterocycles. The Morgan fingerprint density at radius 1 is 1.57 bits per heavy atom. The lowest BCUT2D eigenvalue weighted by atomic mass is 9.67.